The number of fused-ring (bicyclic) bond motifs is 20. The highest BCUT2D eigenvalue weighted by molar-refractivity contribution is 6.25. The number of rotatable bonds is 12. The van der Waals surface area contributed by atoms with Crippen LogP contribution in [0.5, 0.6) is 0 Å². The van der Waals surface area contributed by atoms with Gasteiger partial charge in [-0.25, -0.2) is 19.9 Å². The monoisotopic (exact) mass is 1830 g/mol. The fraction of sp³-hybridized carbons (Fsp3) is 0. The van der Waals surface area contributed by atoms with Crippen LogP contribution in [0.1, 0.15) is 0 Å². The highest BCUT2D eigenvalue weighted by Crippen LogP contribution is 2.45. The molecule has 14 aromatic carbocycles. The van der Waals surface area contributed by atoms with E-state index < -0.39 is 0 Å². The first-order valence-corrected chi connectivity index (χ1v) is 47.7. The summed E-state index contributed by atoms with van der Waals surface area (Å²) in [6.45, 7) is 0. The SMILES string of the molecule is c1ccc(-c2ccc(-c3ccc4c(c3)c3c5ccccc5ccc3n4-c3ccc(-c4nccc5ccccc45)cn3)cn2)nc1.c1ccc2c(-c3ccc(-c4ccc5c(c4)c4c6ccccc6ccc4n5-c4ccc(-c5nccc6ccccc56)cn4)nc3)nccc2c1.c1ccc2nc(-c3ccc(-c4ccc5c(c4)c4c6ccccc6ccc4n5-c4ccc(-c5nccc6ccccc56)cn4)nc3)ccc2c1. The molecule has 0 fully saturated rings. The molecular formula is C128H79N15. The molecule has 15 heterocycles. The van der Waals surface area contributed by atoms with Gasteiger partial charge in [-0.2, -0.15) is 0 Å². The Morgan fingerprint density at radius 3 is 0.804 bits per heavy atom. The van der Waals surface area contributed by atoms with Gasteiger partial charge < -0.3 is 0 Å². The highest BCUT2D eigenvalue weighted by Gasteiger charge is 2.24. The van der Waals surface area contributed by atoms with Crippen LogP contribution in [-0.2, 0) is 0 Å². The Morgan fingerprint density at radius 1 is 0.147 bits per heavy atom. The smallest absolute Gasteiger partial charge is 0.137 e. The summed E-state index contributed by atoms with van der Waals surface area (Å²) in [4.78, 5) is 57.8. The van der Waals surface area contributed by atoms with Crippen molar-refractivity contribution in [3.63, 3.8) is 0 Å². The quantitative estimate of drug-likeness (QED) is 0.114. The number of pyridine rings is 12. The van der Waals surface area contributed by atoms with Crippen LogP contribution in [0.2, 0.25) is 0 Å². The van der Waals surface area contributed by atoms with Crippen molar-refractivity contribution in [3.05, 3.63) is 481 Å². The van der Waals surface area contributed by atoms with Crippen LogP contribution in [-0.4, -0.2) is 73.5 Å². The summed E-state index contributed by atoms with van der Waals surface area (Å²) in [7, 11) is 0. The van der Waals surface area contributed by atoms with Gasteiger partial charge in [0.15, 0.2) is 0 Å². The van der Waals surface area contributed by atoms with Crippen molar-refractivity contribution in [2.75, 3.05) is 0 Å². The van der Waals surface area contributed by atoms with Gasteiger partial charge in [0.2, 0.25) is 0 Å². The molecule has 0 saturated heterocycles. The number of hydrogen-bond acceptors (Lipinski definition) is 12. The maximum atomic E-state index is 5.03. The molecule has 666 valence electrons. The zero-order valence-electron chi connectivity index (χ0n) is 76.8. The minimum atomic E-state index is 0.858. The van der Waals surface area contributed by atoms with Gasteiger partial charge in [0.1, 0.15) is 17.5 Å². The maximum Gasteiger partial charge on any atom is 0.137 e. The van der Waals surface area contributed by atoms with Crippen molar-refractivity contribution in [3.8, 4) is 119 Å². The average molecular weight is 1830 g/mol. The molecule has 0 aliphatic rings. The summed E-state index contributed by atoms with van der Waals surface area (Å²) in [6.07, 6.45) is 20.9. The average Bonchev–Trinajstić information content (AvgIpc) is 1.58. The maximum absolute atomic E-state index is 5.03. The lowest BCUT2D eigenvalue weighted by Gasteiger charge is -2.10. The van der Waals surface area contributed by atoms with Crippen molar-refractivity contribution in [2.24, 2.45) is 0 Å². The van der Waals surface area contributed by atoms with E-state index >= 15 is 0 Å². The lowest BCUT2D eigenvalue weighted by molar-refractivity contribution is 1.08. The summed E-state index contributed by atoms with van der Waals surface area (Å²) >= 11 is 0. The molecule has 15 heteroatoms. The molecule has 0 atom stereocenters. The molecule has 0 spiro atoms. The van der Waals surface area contributed by atoms with Gasteiger partial charge in [0.05, 0.1) is 89.9 Å². The van der Waals surface area contributed by atoms with Crippen LogP contribution in [0.15, 0.2) is 481 Å². The Morgan fingerprint density at radius 2 is 0.434 bits per heavy atom. The second-order valence-corrected chi connectivity index (χ2v) is 35.9. The van der Waals surface area contributed by atoms with E-state index in [1.807, 2.05) is 129 Å². The van der Waals surface area contributed by atoms with Crippen molar-refractivity contribution >= 4 is 152 Å². The molecule has 0 unspecified atom stereocenters. The molecule has 15 nitrogen and oxygen atoms in total. The first-order valence-electron chi connectivity index (χ1n) is 47.7. The first-order chi connectivity index (χ1) is 70.9. The van der Waals surface area contributed by atoms with Crippen molar-refractivity contribution in [2.45, 2.75) is 0 Å². The van der Waals surface area contributed by atoms with Crippen molar-refractivity contribution in [1.29, 1.82) is 0 Å². The molecule has 29 rings (SSSR count). The number of para-hydroxylation sites is 1. The molecule has 0 radical (unpaired) electrons. The first kappa shape index (κ1) is 82.8. The van der Waals surface area contributed by atoms with Gasteiger partial charge in [0.25, 0.3) is 0 Å². The van der Waals surface area contributed by atoms with Gasteiger partial charge in [0, 0.05) is 172 Å². The fourth-order valence-corrected chi connectivity index (χ4v) is 20.9. The summed E-state index contributed by atoms with van der Waals surface area (Å²) in [5, 5.41) is 24.6. The largest absolute Gasteiger partial charge is 0.294 e. The second-order valence-electron chi connectivity index (χ2n) is 35.9. The van der Waals surface area contributed by atoms with Crippen molar-refractivity contribution < 1.29 is 0 Å². The van der Waals surface area contributed by atoms with Crippen LogP contribution in [0, 0.1) is 0 Å². The summed E-state index contributed by atoms with van der Waals surface area (Å²) < 4.78 is 6.80. The van der Waals surface area contributed by atoms with E-state index in [1.165, 1.54) is 64.6 Å². The predicted molar refractivity (Wildman–Crippen MR) is 585 cm³/mol. The van der Waals surface area contributed by atoms with E-state index in [2.05, 4.69) is 364 Å². The highest BCUT2D eigenvalue weighted by atomic mass is 15.1. The Bertz CT molecular complexity index is 10100. The van der Waals surface area contributed by atoms with Gasteiger partial charge >= 0.3 is 0 Å². The third-order valence-corrected chi connectivity index (χ3v) is 27.7. The number of benzene rings is 14. The lowest BCUT2D eigenvalue weighted by atomic mass is 10.0. The zero-order chi connectivity index (χ0) is 94.4. The van der Waals surface area contributed by atoms with Crippen LogP contribution in [0.4, 0.5) is 0 Å². The minimum Gasteiger partial charge on any atom is -0.294 e. The van der Waals surface area contributed by atoms with Crippen LogP contribution >= 0.6 is 0 Å². The number of nitrogens with zero attached hydrogens (tertiary/aromatic N) is 15. The van der Waals surface area contributed by atoms with Gasteiger partial charge in [-0.3, -0.25) is 53.6 Å². The lowest BCUT2D eigenvalue weighted by Crippen LogP contribution is -1.98. The van der Waals surface area contributed by atoms with Crippen molar-refractivity contribution in [1.82, 2.24) is 73.5 Å². The molecule has 0 aliphatic carbocycles. The Hall–Kier alpha value is -19.6. The van der Waals surface area contributed by atoms with E-state index in [9.17, 15) is 0 Å². The zero-order valence-corrected chi connectivity index (χ0v) is 76.8. The fourth-order valence-electron chi connectivity index (χ4n) is 20.9. The summed E-state index contributed by atoms with van der Waals surface area (Å²) in [5.41, 5.74) is 25.1. The Labute approximate surface area is 819 Å². The molecule has 0 amide bonds. The van der Waals surface area contributed by atoms with Gasteiger partial charge in [-0.1, -0.05) is 243 Å². The normalized spacial score (nSPS) is 11.6. The van der Waals surface area contributed by atoms with Gasteiger partial charge in [-0.05, 0) is 229 Å². The van der Waals surface area contributed by atoms with E-state index in [0.29, 0.717) is 0 Å². The third kappa shape index (κ3) is 14.7. The van der Waals surface area contributed by atoms with E-state index in [0.717, 1.165) is 206 Å². The van der Waals surface area contributed by atoms with Crippen LogP contribution in [0.25, 0.3) is 270 Å². The third-order valence-electron chi connectivity index (χ3n) is 27.7. The van der Waals surface area contributed by atoms with E-state index in [1.54, 1.807) is 6.20 Å². The summed E-state index contributed by atoms with van der Waals surface area (Å²) in [6, 6.07) is 144. The molecule has 0 aliphatic heterocycles. The van der Waals surface area contributed by atoms with Crippen LogP contribution in [0.3, 0.4) is 0 Å². The van der Waals surface area contributed by atoms with Gasteiger partial charge in [-0.15, -0.1) is 0 Å². The minimum absolute atomic E-state index is 0.858. The molecule has 0 N–H and O–H groups in total. The second kappa shape index (κ2) is 34.9. The molecular weight excluding hydrogens is 1750 g/mol. The molecule has 143 heavy (non-hydrogen) atoms. The van der Waals surface area contributed by atoms with Crippen LogP contribution < -0.4 is 0 Å². The topological polar surface area (TPSA) is 169 Å². The molecule has 0 saturated carbocycles. The van der Waals surface area contributed by atoms with E-state index in [-0.39, 0.29) is 0 Å². The predicted octanol–water partition coefficient (Wildman–Crippen LogP) is 31.3. The molecule has 15 aromatic heterocycles. The molecule has 0 bridgehead atoms. The Kier molecular flexibility index (Phi) is 20.2. The summed E-state index contributed by atoms with van der Waals surface area (Å²) in [5.74, 6) is 2.58. The van der Waals surface area contributed by atoms with E-state index in [4.69, 9.17) is 54.8 Å². The number of aromatic nitrogens is 15. The molecule has 29 aromatic rings. The standard InChI is InChI=1S/2C44H27N5.C40H25N5/c1-4-10-34-28(7-1)15-21-41-43(34)36-25-31(37-18-14-32(26-46-37)39-19-13-30-9-3-6-12-38(30)48-39)16-20-40(36)49(41)42-22-17-33(27-47-42)44-35-11-5-2-8-29(35)23-24-45-44;1-4-10-34-28(7-1)14-19-40-42(34)37-25-31(38-17-13-32(26-47-38)43-35-11-5-2-8-29(35)21-23-45-43)15-18-39(37)49(40)41-20-16-33(27-48-41)44-36-12-6-3-9-30(36)22-24-46-44;1-3-9-31-26(7-1)13-18-37-39(31)33-23-28(29-12-16-35(43-24-29)34-11-5-6-21-41-34)14-17-36(33)45(37)38-19-15-30(25-44-38)40-32-10-4-2-8-27(32)20-22-42-40/h2*1-27H;1-25H. The number of hydrogen-bond donors (Lipinski definition) is 0. The Balaban J connectivity index is 0.000000107.